The molecule has 2 N–H and O–H groups in total. The van der Waals surface area contributed by atoms with Crippen molar-refractivity contribution >= 4 is 27.4 Å². The maximum Gasteiger partial charge on any atom is 0.180 e. The molecule has 3 rings (SSSR count). The number of nitrogens with zero attached hydrogens (tertiary/aromatic N) is 2. The molecule has 0 saturated heterocycles. The lowest BCUT2D eigenvalue weighted by Crippen LogP contribution is -1.83. The summed E-state index contributed by atoms with van der Waals surface area (Å²) in [7, 11) is 2.07. The smallest absolute Gasteiger partial charge is 0.180 e. The van der Waals surface area contributed by atoms with Crippen molar-refractivity contribution in [1.29, 1.82) is 0 Å². The first-order valence-electron chi connectivity index (χ1n) is 5.85. The van der Waals surface area contributed by atoms with E-state index in [9.17, 15) is 0 Å². The van der Waals surface area contributed by atoms with Gasteiger partial charge < -0.3 is 10.3 Å². The fourth-order valence-corrected chi connectivity index (χ4v) is 3.05. The van der Waals surface area contributed by atoms with Gasteiger partial charge in [0.1, 0.15) is 0 Å². The van der Waals surface area contributed by atoms with Crippen molar-refractivity contribution in [3.05, 3.63) is 34.8 Å². The van der Waals surface area contributed by atoms with Gasteiger partial charge in [-0.15, -0.1) is 11.3 Å². The lowest BCUT2D eigenvalue weighted by atomic mass is 10.1. The number of anilines is 1. The van der Waals surface area contributed by atoms with Crippen LogP contribution >= 0.6 is 11.3 Å². The minimum absolute atomic E-state index is 0.631. The van der Waals surface area contributed by atoms with Crippen molar-refractivity contribution < 1.29 is 0 Å². The molecular weight excluding hydrogens is 242 g/mol. The zero-order valence-corrected chi connectivity index (χ0v) is 11.5. The molecule has 1 aromatic carbocycles. The van der Waals surface area contributed by atoms with Crippen molar-refractivity contribution in [2.24, 2.45) is 7.05 Å². The second kappa shape index (κ2) is 3.85. The van der Waals surface area contributed by atoms with Crippen LogP contribution in [0.3, 0.4) is 0 Å². The first-order chi connectivity index (χ1) is 8.56. The number of fused-ring (bicyclic) bond motifs is 1. The Labute approximate surface area is 110 Å². The molecule has 18 heavy (non-hydrogen) atoms. The number of benzene rings is 1. The van der Waals surface area contributed by atoms with Gasteiger partial charge in [0, 0.05) is 34.6 Å². The zero-order chi connectivity index (χ0) is 12.9. The molecule has 0 aliphatic rings. The van der Waals surface area contributed by atoms with E-state index in [1.807, 2.05) is 0 Å². The molecule has 4 heteroatoms. The highest BCUT2D eigenvalue weighted by Gasteiger charge is 2.14. The first kappa shape index (κ1) is 11.3. The van der Waals surface area contributed by atoms with Crippen LogP contribution in [0.15, 0.2) is 24.4 Å². The van der Waals surface area contributed by atoms with Gasteiger partial charge in [-0.3, -0.25) is 0 Å². The second-order valence-corrected chi connectivity index (χ2v) is 5.87. The Kier molecular flexibility index (Phi) is 2.41. The van der Waals surface area contributed by atoms with E-state index in [0.29, 0.717) is 5.13 Å². The quantitative estimate of drug-likeness (QED) is 0.725. The van der Waals surface area contributed by atoms with Gasteiger partial charge in [0.2, 0.25) is 0 Å². The number of hydrogen-bond acceptors (Lipinski definition) is 3. The Hall–Kier alpha value is -1.81. The van der Waals surface area contributed by atoms with Crippen molar-refractivity contribution in [3.63, 3.8) is 0 Å². The number of rotatable bonds is 1. The second-order valence-electron chi connectivity index (χ2n) is 4.63. The fraction of sp³-hybridized carbons (Fsp3) is 0.214. The number of nitrogen functional groups attached to an aromatic ring is 1. The van der Waals surface area contributed by atoms with Gasteiger partial charge >= 0.3 is 0 Å². The largest absolute Gasteiger partial charge is 0.375 e. The Morgan fingerprint density at radius 1 is 1.28 bits per heavy atom. The van der Waals surface area contributed by atoms with Gasteiger partial charge in [-0.05, 0) is 25.5 Å². The van der Waals surface area contributed by atoms with Crippen LogP contribution in [0.1, 0.15) is 10.4 Å². The molecule has 0 unspecified atom stereocenters. The Bertz CT molecular complexity index is 737. The summed E-state index contributed by atoms with van der Waals surface area (Å²) >= 11 is 1.54. The minimum atomic E-state index is 0.631. The molecule has 2 heterocycles. The third-order valence-electron chi connectivity index (χ3n) is 3.21. The van der Waals surface area contributed by atoms with Crippen LogP contribution in [0, 0.1) is 13.8 Å². The number of thiazole rings is 1. The molecular formula is C14H15N3S. The molecule has 0 amide bonds. The van der Waals surface area contributed by atoms with E-state index in [0.717, 1.165) is 11.3 Å². The predicted molar refractivity (Wildman–Crippen MR) is 77.9 cm³/mol. The number of aryl methyl sites for hydroxylation is 3. The highest BCUT2D eigenvalue weighted by Crippen LogP contribution is 2.34. The highest BCUT2D eigenvalue weighted by molar-refractivity contribution is 7.15. The molecule has 0 aliphatic carbocycles. The zero-order valence-electron chi connectivity index (χ0n) is 10.7. The Morgan fingerprint density at radius 2 is 2.06 bits per heavy atom. The summed E-state index contributed by atoms with van der Waals surface area (Å²) in [6.07, 6.45) is 2.13. The molecule has 0 aliphatic heterocycles. The van der Waals surface area contributed by atoms with Crippen LogP contribution in [0.5, 0.6) is 0 Å². The molecule has 0 spiro atoms. The van der Waals surface area contributed by atoms with Crippen LogP contribution in [-0.4, -0.2) is 9.55 Å². The third-order valence-corrected chi connectivity index (χ3v) is 4.01. The van der Waals surface area contributed by atoms with E-state index in [1.165, 1.54) is 21.3 Å². The normalized spacial score (nSPS) is 11.3. The lowest BCUT2D eigenvalue weighted by Gasteiger charge is -1.98. The molecule has 0 fully saturated rings. The standard InChI is InChI=1S/C14H15N3S/c1-8-4-5-10-11(7-17(3)12(10)6-8)13-9(2)18-14(15)16-13/h4-7H,1-3H3,(H2,15,16). The molecule has 0 bridgehead atoms. The van der Waals surface area contributed by atoms with Crippen LogP contribution in [0.4, 0.5) is 5.13 Å². The van der Waals surface area contributed by atoms with E-state index in [-0.39, 0.29) is 0 Å². The highest BCUT2D eigenvalue weighted by atomic mass is 32.1. The van der Waals surface area contributed by atoms with Crippen molar-refractivity contribution in [3.8, 4) is 11.3 Å². The summed E-state index contributed by atoms with van der Waals surface area (Å²) < 4.78 is 2.15. The molecule has 0 atom stereocenters. The molecule has 0 saturated carbocycles. The van der Waals surface area contributed by atoms with E-state index >= 15 is 0 Å². The third kappa shape index (κ3) is 1.61. The van der Waals surface area contributed by atoms with E-state index in [4.69, 9.17) is 5.73 Å². The van der Waals surface area contributed by atoms with Gasteiger partial charge in [0.15, 0.2) is 5.13 Å². The van der Waals surface area contributed by atoms with Crippen LogP contribution < -0.4 is 5.73 Å². The van der Waals surface area contributed by atoms with E-state index in [2.05, 4.69) is 54.8 Å². The summed E-state index contributed by atoms with van der Waals surface area (Å²) in [5.74, 6) is 0. The first-order valence-corrected chi connectivity index (χ1v) is 6.67. The van der Waals surface area contributed by atoms with Crippen molar-refractivity contribution in [2.45, 2.75) is 13.8 Å². The maximum atomic E-state index is 5.79. The van der Waals surface area contributed by atoms with E-state index < -0.39 is 0 Å². The summed E-state index contributed by atoms with van der Waals surface area (Å²) in [6.45, 7) is 4.18. The molecule has 92 valence electrons. The summed E-state index contributed by atoms with van der Waals surface area (Å²) in [6, 6.07) is 6.50. The van der Waals surface area contributed by atoms with Crippen LogP contribution in [0.2, 0.25) is 0 Å². The predicted octanol–water partition coefficient (Wildman–Crippen LogP) is 3.50. The Balaban J connectivity index is 2.33. The fourth-order valence-electron chi connectivity index (χ4n) is 2.35. The average Bonchev–Trinajstić information content (AvgIpc) is 2.80. The summed E-state index contributed by atoms with van der Waals surface area (Å²) in [4.78, 5) is 5.62. The SMILES string of the molecule is Cc1ccc2c(-c3nc(N)sc3C)cn(C)c2c1. The summed E-state index contributed by atoms with van der Waals surface area (Å²) in [5.41, 5.74) is 10.5. The number of hydrogen-bond donors (Lipinski definition) is 1. The number of aromatic nitrogens is 2. The Morgan fingerprint density at radius 3 is 2.72 bits per heavy atom. The molecule has 2 aromatic heterocycles. The maximum absolute atomic E-state index is 5.79. The lowest BCUT2D eigenvalue weighted by molar-refractivity contribution is 0.968. The van der Waals surface area contributed by atoms with Gasteiger partial charge in [0.05, 0.1) is 5.69 Å². The molecule has 3 nitrogen and oxygen atoms in total. The van der Waals surface area contributed by atoms with Gasteiger partial charge in [0.25, 0.3) is 0 Å². The summed E-state index contributed by atoms with van der Waals surface area (Å²) in [5, 5.41) is 1.86. The van der Waals surface area contributed by atoms with Crippen LogP contribution in [0.25, 0.3) is 22.2 Å². The monoisotopic (exact) mass is 257 g/mol. The van der Waals surface area contributed by atoms with E-state index in [1.54, 1.807) is 11.3 Å². The topological polar surface area (TPSA) is 43.8 Å². The average molecular weight is 257 g/mol. The number of nitrogens with two attached hydrogens (primary N) is 1. The van der Waals surface area contributed by atoms with Gasteiger partial charge in [-0.2, -0.15) is 0 Å². The molecule has 0 radical (unpaired) electrons. The van der Waals surface area contributed by atoms with Gasteiger partial charge in [-0.25, -0.2) is 4.98 Å². The van der Waals surface area contributed by atoms with Crippen molar-refractivity contribution in [1.82, 2.24) is 9.55 Å². The van der Waals surface area contributed by atoms with Crippen LogP contribution in [-0.2, 0) is 7.05 Å². The van der Waals surface area contributed by atoms with Crippen molar-refractivity contribution in [2.75, 3.05) is 5.73 Å². The van der Waals surface area contributed by atoms with Gasteiger partial charge in [-0.1, -0.05) is 12.1 Å². The minimum Gasteiger partial charge on any atom is -0.375 e. The molecule has 3 aromatic rings.